The van der Waals surface area contributed by atoms with Gasteiger partial charge in [-0.2, -0.15) is 0 Å². The molecule has 0 aliphatic carbocycles. The number of hydrogen-bond donors (Lipinski definition) is 2. The minimum Gasteiger partial charge on any atom is -0.493 e. The van der Waals surface area contributed by atoms with Crippen LogP contribution in [0.5, 0.6) is 17.2 Å². The minimum atomic E-state index is -0.463. The summed E-state index contributed by atoms with van der Waals surface area (Å²) in [6, 6.07) is 9.12. The summed E-state index contributed by atoms with van der Waals surface area (Å²) in [5, 5.41) is 5.08. The van der Waals surface area contributed by atoms with Crippen LogP contribution in [0.2, 0.25) is 0 Å². The van der Waals surface area contributed by atoms with E-state index >= 15 is 0 Å². The molecule has 2 amide bonds. The molecule has 0 spiro atoms. The molecule has 2 N–H and O–H groups in total. The predicted octanol–water partition coefficient (Wildman–Crippen LogP) is 2.15. The van der Waals surface area contributed by atoms with Crippen LogP contribution in [-0.4, -0.2) is 39.7 Å². The largest absolute Gasteiger partial charge is 0.493 e. The molecule has 7 nitrogen and oxygen atoms in total. The minimum absolute atomic E-state index is 0.149. The molecule has 0 saturated carbocycles. The quantitative estimate of drug-likeness (QED) is 0.737. The van der Waals surface area contributed by atoms with Gasteiger partial charge < -0.3 is 24.8 Å². The SMILES string of the molecule is COc1cc(NC(=O)CNC(=O)Cc2ccccc2F)cc(OC)c1OC. The summed E-state index contributed by atoms with van der Waals surface area (Å²) < 4.78 is 29.2. The van der Waals surface area contributed by atoms with Crippen molar-refractivity contribution in [3.63, 3.8) is 0 Å². The van der Waals surface area contributed by atoms with E-state index in [0.29, 0.717) is 22.9 Å². The Morgan fingerprint density at radius 1 is 0.963 bits per heavy atom. The molecule has 2 rings (SSSR count). The van der Waals surface area contributed by atoms with Gasteiger partial charge in [0.2, 0.25) is 17.6 Å². The summed E-state index contributed by atoms with van der Waals surface area (Å²) >= 11 is 0. The highest BCUT2D eigenvalue weighted by atomic mass is 19.1. The number of amides is 2. The molecule has 27 heavy (non-hydrogen) atoms. The third-order valence-electron chi connectivity index (χ3n) is 3.70. The fourth-order valence-electron chi connectivity index (χ4n) is 2.41. The lowest BCUT2D eigenvalue weighted by molar-refractivity contribution is -0.123. The first kappa shape index (κ1) is 20.0. The first-order valence-electron chi connectivity index (χ1n) is 8.08. The Morgan fingerprint density at radius 2 is 1.59 bits per heavy atom. The van der Waals surface area contributed by atoms with Crippen molar-refractivity contribution in [1.29, 1.82) is 0 Å². The first-order chi connectivity index (χ1) is 13.0. The van der Waals surface area contributed by atoms with E-state index in [0.717, 1.165) is 0 Å². The van der Waals surface area contributed by atoms with Crippen molar-refractivity contribution in [3.05, 3.63) is 47.8 Å². The van der Waals surface area contributed by atoms with Gasteiger partial charge in [0.05, 0.1) is 34.3 Å². The molecular formula is C19H21FN2O5. The molecule has 0 heterocycles. The van der Waals surface area contributed by atoms with E-state index in [9.17, 15) is 14.0 Å². The number of nitrogens with one attached hydrogen (secondary N) is 2. The van der Waals surface area contributed by atoms with E-state index in [4.69, 9.17) is 14.2 Å². The van der Waals surface area contributed by atoms with Gasteiger partial charge in [-0.1, -0.05) is 18.2 Å². The highest BCUT2D eigenvalue weighted by Gasteiger charge is 2.15. The van der Waals surface area contributed by atoms with Crippen LogP contribution in [0.25, 0.3) is 0 Å². The number of benzene rings is 2. The smallest absolute Gasteiger partial charge is 0.243 e. The van der Waals surface area contributed by atoms with Crippen LogP contribution in [0, 0.1) is 5.82 Å². The summed E-state index contributed by atoms with van der Waals surface area (Å²) in [5.41, 5.74) is 0.679. The second-order valence-corrected chi connectivity index (χ2v) is 5.51. The summed E-state index contributed by atoms with van der Waals surface area (Å²) in [6.07, 6.45) is -0.149. The molecule has 2 aromatic carbocycles. The zero-order valence-corrected chi connectivity index (χ0v) is 15.3. The summed E-state index contributed by atoms with van der Waals surface area (Å²) in [4.78, 5) is 24.0. The average Bonchev–Trinajstić information content (AvgIpc) is 2.67. The van der Waals surface area contributed by atoms with Crippen LogP contribution >= 0.6 is 0 Å². The Bertz CT molecular complexity index is 800. The summed E-state index contributed by atoms with van der Waals surface area (Å²) in [7, 11) is 4.40. The van der Waals surface area contributed by atoms with Gasteiger partial charge in [-0.3, -0.25) is 9.59 Å². The first-order valence-corrected chi connectivity index (χ1v) is 8.08. The molecule has 0 fully saturated rings. The Hall–Kier alpha value is -3.29. The molecule has 0 bridgehead atoms. The molecule has 144 valence electrons. The van der Waals surface area contributed by atoms with E-state index in [1.807, 2.05) is 0 Å². The van der Waals surface area contributed by atoms with E-state index in [1.54, 1.807) is 24.3 Å². The lowest BCUT2D eigenvalue weighted by atomic mass is 10.1. The highest BCUT2D eigenvalue weighted by molar-refractivity contribution is 5.95. The van der Waals surface area contributed by atoms with E-state index in [1.165, 1.54) is 33.5 Å². The standard InChI is InChI=1S/C19H21FN2O5/c1-25-15-9-13(10-16(26-2)19(15)27-3)22-18(24)11-21-17(23)8-12-6-4-5-7-14(12)20/h4-7,9-10H,8,11H2,1-3H3,(H,21,23)(H,22,24). The molecule has 0 radical (unpaired) electrons. The normalized spacial score (nSPS) is 10.1. The molecular weight excluding hydrogens is 355 g/mol. The van der Waals surface area contributed by atoms with Crippen molar-refractivity contribution in [3.8, 4) is 17.2 Å². The Kier molecular flexibility index (Phi) is 6.99. The van der Waals surface area contributed by atoms with Crippen LogP contribution < -0.4 is 24.8 Å². The van der Waals surface area contributed by atoms with Crippen molar-refractivity contribution >= 4 is 17.5 Å². The third-order valence-corrected chi connectivity index (χ3v) is 3.70. The number of carbonyl (C=O) groups is 2. The number of methoxy groups -OCH3 is 3. The van der Waals surface area contributed by atoms with Gasteiger partial charge in [-0.15, -0.1) is 0 Å². The van der Waals surface area contributed by atoms with Crippen molar-refractivity contribution in [2.75, 3.05) is 33.2 Å². The second kappa shape index (κ2) is 9.42. The van der Waals surface area contributed by atoms with Crippen LogP contribution in [0.15, 0.2) is 36.4 Å². The molecule has 0 unspecified atom stereocenters. The number of hydrogen-bond acceptors (Lipinski definition) is 5. The fourth-order valence-corrected chi connectivity index (χ4v) is 2.41. The molecule has 0 aromatic heterocycles. The van der Waals surface area contributed by atoms with Crippen molar-refractivity contribution in [2.24, 2.45) is 0 Å². The Labute approximate surface area is 156 Å². The Morgan fingerprint density at radius 3 is 2.15 bits per heavy atom. The van der Waals surface area contributed by atoms with Gasteiger partial charge >= 0.3 is 0 Å². The monoisotopic (exact) mass is 376 g/mol. The van der Waals surface area contributed by atoms with E-state index < -0.39 is 17.6 Å². The molecule has 2 aromatic rings. The van der Waals surface area contributed by atoms with Gasteiger partial charge in [0.25, 0.3) is 0 Å². The van der Waals surface area contributed by atoms with E-state index in [-0.39, 0.29) is 18.5 Å². The predicted molar refractivity (Wildman–Crippen MR) is 97.8 cm³/mol. The summed E-state index contributed by atoms with van der Waals surface area (Å²) in [5.74, 6) is -0.205. The zero-order valence-electron chi connectivity index (χ0n) is 15.3. The van der Waals surface area contributed by atoms with Gasteiger partial charge in [0.1, 0.15) is 5.82 Å². The Balaban J connectivity index is 1.95. The topological polar surface area (TPSA) is 85.9 Å². The number of ether oxygens (including phenoxy) is 3. The molecule has 0 saturated heterocycles. The van der Waals surface area contributed by atoms with Crippen molar-refractivity contribution in [1.82, 2.24) is 5.32 Å². The van der Waals surface area contributed by atoms with Crippen molar-refractivity contribution in [2.45, 2.75) is 6.42 Å². The maximum absolute atomic E-state index is 13.5. The summed E-state index contributed by atoms with van der Waals surface area (Å²) in [6.45, 7) is -0.260. The molecule has 0 atom stereocenters. The van der Waals surface area contributed by atoms with Crippen LogP contribution in [-0.2, 0) is 16.0 Å². The zero-order chi connectivity index (χ0) is 19.8. The average molecular weight is 376 g/mol. The number of halogens is 1. The second-order valence-electron chi connectivity index (χ2n) is 5.51. The highest BCUT2D eigenvalue weighted by Crippen LogP contribution is 2.39. The van der Waals surface area contributed by atoms with Gasteiger partial charge in [0, 0.05) is 17.8 Å². The molecule has 8 heteroatoms. The lowest BCUT2D eigenvalue weighted by Gasteiger charge is -2.14. The fraction of sp³-hybridized carbons (Fsp3) is 0.263. The van der Waals surface area contributed by atoms with Gasteiger partial charge in [-0.25, -0.2) is 4.39 Å². The number of anilines is 1. The maximum atomic E-state index is 13.5. The lowest BCUT2D eigenvalue weighted by Crippen LogP contribution is -2.33. The van der Waals surface area contributed by atoms with Crippen LogP contribution in [0.3, 0.4) is 0 Å². The van der Waals surface area contributed by atoms with Crippen LogP contribution in [0.1, 0.15) is 5.56 Å². The molecule has 0 aliphatic heterocycles. The van der Waals surface area contributed by atoms with Gasteiger partial charge in [-0.05, 0) is 11.6 Å². The maximum Gasteiger partial charge on any atom is 0.243 e. The van der Waals surface area contributed by atoms with Crippen LogP contribution in [0.4, 0.5) is 10.1 Å². The number of carbonyl (C=O) groups excluding carboxylic acids is 2. The van der Waals surface area contributed by atoms with Gasteiger partial charge in [0.15, 0.2) is 11.5 Å². The molecule has 0 aliphatic rings. The third kappa shape index (κ3) is 5.34. The van der Waals surface area contributed by atoms with Crippen molar-refractivity contribution < 1.29 is 28.2 Å². The van der Waals surface area contributed by atoms with E-state index in [2.05, 4.69) is 10.6 Å². The number of rotatable bonds is 8.